The second-order valence-electron chi connectivity index (χ2n) is 6.32. The van der Waals surface area contributed by atoms with E-state index in [-0.39, 0.29) is 21.4 Å². The lowest BCUT2D eigenvalue weighted by Gasteiger charge is -2.34. The minimum atomic E-state index is -3.64. The standard InChI is InChI=1S/C15H19ClN2O2S/c1-15(2)7-5-12(6-8-15)18-21(19,20)14-4-3-11(10-17)9-13(14)16/h3-4,9,12,18H,5-8H2,1-2H3. The van der Waals surface area contributed by atoms with Gasteiger partial charge in [0.05, 0.1) is 16.7 Å². The quantitative estimate of drug-likeness (QED) is 0.924. The van der Waals surface area contributed by atoms with Crippen LogP contribution in [0.15, 0.2) is 23.1 Å². The summed E-state index contributed by atoms with van der Waals surface area (Å²) in [7, 11) is -3.64. The van der Waals surface area contributed by atoms with E-state index in [4.69, 9.17) is 16.9 Å². The van der Waals surface area contributed by atoms with Crippen molar-refractivity contribution < 1.29 is 8.42 Å². The topological polar surface area (TPSA) is 70.0 Å². The Hall–Kier alpha value is -1.09. The van der Waals surface area contributed by atoms with Gasteiger partial charge in [-0.1, -0.05) is 25.4 Å². The summed E-state index contributed by atoms with van der Waals surface area (Å²) >= 11 is 5.99. The van der Waals surface area contributed by atoms with Crippen LogP contribution < -0.4 is 4.72 Å². The van der Waals surface area contributed by atoms with Crippen LogP contribution in [-0.2, 0) is 10.0 Å². The number of benzene rings is 1. The van der Waals surface area contributed by atoms with E-state index in [0.29, 0.717) is 5.56 Å². The molecule has 0 spiro atoms. The molecule has 1 aromatic rings. The fourth-order valence-electron chi connectivity index (χ4n) is 2.59. The van der Waals surface area contributed by atoms with Crippen LogP contribution in [0.5, 0.6) is 0 Å². The van der Waals surface area contributed by atoms with Crippen molar-refractivity contribution in [2.75, 3.05) is 0 Å². The van der Waals surface area contributed by atoms with Crippen molar-refractivity contribution in [3.05, 3.63) is 28.8 Å². The molecule has 0 saturated heterocycles. The summed E-state index contributed by atoms with van der Waals surface area (Å²) in [6.45, 7) is 4.41. The van der Waals surface area contributed by atoms with Gasteiger partial charge in [-0.05, 0) is 49.3 Å². The lowest BCUT2D eigenvalue weighted by molar-refractivity contribution is 0.218. The summed E-state index contributed by atoms with van der Waals surface area (Å²) in [5.41, 5.74) is 0.631. The highest BCUT2D eigenvalue weighted by atomic mass is 35.5. The van der Waals surface area contributed by atoms with Crippen molar-refractivity contribution >= 4 is 21.6 Å². The third kappa shape index (κ3) is 3.97. The SMILES string of the molecule is CC1(C)CCC(NS(=O)(=O)c2ccc(C#N)cc2Cl)CC1. The first-order valence-corrected chi connectivity index (χ1v) is 8.82. The summed E-state index contributed by atoms with van der Waals surface area (Å²) in [6.07, 6.45) is 3.67. The van der Waals surface area contributed by atoms with E-state index in [9.17, 15) is 8.42 Å². The van der Waals surface area contributed by atoms with Crippen LogP contribution in [0, 0.1) is 16.7 Å². The third-order valence-electron chi connectivity index (χ3n) is 4.01. The van der Waals surface area contributed by atoms with Crippen LogP contribution >= 0.6 is 11.6 Å². The summed E-state index contributed by atoms with van der Waals surface area (Å²) < 4.78 is 27.5. The monoisotopic (exact) mass is 326 g/mol. The molecule has 1 fully saturated rings. The highest BCUT2D eigenvalue weighted by Gasteiger charge is 2.30. The highest BCUT2D eigenvalue weighted by molar-refractivity contribution is 7.89. The minimum Gasteiger partial charge on any atom is -0.208 e. The molecule has 1 aliphatic carbocycles. The first-order valence-electron chi connectivity index (χ1n) is 6.95. The second-order valence-corrected chi connectivity index (χ2v) is 8.41. The Bertz CT molecular complexity index is 667. The van der Waals surface area contributed by atoms with Gasteiger partial charge in [0, 0.05) is 6.04 Å². The fourth-order valence-corrected chi connectivity index (χ4v) is 4.44. The minimum absolute atomic E-state index is 0.0352. The number of halogens is 1. The molecular weight excluding hydrogens is 308 g/mol. The molecule has 1 aromatic carbocycles. The average Bonchev–Trinajstić information content (AvgIpc) is 2.40. The average molecular weight is 327 g/mol. The first-order chi connectivity index (χ1) is 9.73. The number of sulfonamides is 1. The smallest absolute Gasteiger partial charge is 0.208 e. The first kappa shape index (κ1) is 16.3. The third-order valence-corrected chi connectivity index (χ3v) is 6.01. The van der Waals surface area contributed by atoms with Crippen molar-refractivity contribution in [2.24, 2.45) is 5.41 Å². The molecule has 0 atom stereocenters. The molecule has 114 valence electrons. The Balaban J connectivity index is 2.15. The molecule has 1 aliphatic rings. The van der Waals surface area contributed by atoms with Crippen LogP contribution in [0.1, 0.15) is 45.1 Å². The molecule has 0 unspecified atom stereocenters. The second kappa shape index (κ2) is 5.96. The number of nitriles is 1. The van der Waals surface area contributed by atoms with Gasteiger partial charge in [0.15, 0.2) is 0 Å². The van der Waals surface area contributed by atoms with E-state index in [1.54, 1.807) is 0 Å². The van der Waals surface area contributed by atoms with E-state index in [1.807, 2.05) is 6.07 Å². The fraction of sp³-hybridized carbons (Fsp3) is 0.533. The van der Waals surface area contributed by atoms with E-state index in [2.05, 4.69) is 18.6 Å². The molecule has 0 bridgehead atoms. The largest absolute Gasteiger partial charge is 0.242 e. The number of nitrogens with one attached hydrogen (secondary N) is 1. The van der Waals surface area contributed by atoms with Gasteiger partial charge >= 0.3 is 0 Å². The van der Waals surface area contributed by atoms with Crippen molar-refractivity contribution in [1.82, 2.24) is 4.72 Å². The number of hydrogen-bond acceptors (Lipinski definition) is 3. The molecule has 1 N–H and O–H groups in total. The molecule has 0 heterocycles. The van der Waals surface area contributed by atoms with Crippen LogP contribution in [0.4, 0.5) is 0 Å². The summed E-state index contributed by atoms with van der Waals surface area (Å²) in [6, 6.07) is 6.11. The summed E-state index contributed by atoms with van der Waals surface area (Å²) in [5, 5.41) is 8.87. The van der Waals surface area contributed by atoms with Gasteiger partial charge in [-0.25, -0.2) is 13.1 Å². The van der Waals surface area contributed by atoms with E-state index >= 15 is 0 Å². The zero-order valence-corrected chi connectivity index (χ0v) is 13.8. The van der Waals surface area contributed by atoms with Crippen molar-refractivity contribution in [1.29, 1.82) is 5.26 Å². The van der Waals surface area contributed by atoms with Gasteiger partial charge in [0.1, 0.15) is 4.90 Å². The molecule has 6 heteroatoms. The maximum atomic E-state index is 12.4. The molecule has 4 nitrogen and oxygen atoms in total. The van der Waals surface area contributed by atoms with Gasteiger partial charge in [0.2, 0.25) is 10.0 Å². The van der Waals surface area contributed by atoms with Gasteiger partial charge in [-0.15, -0.1) is 0 Å². The van der Waals surface area contributed by atoms with E-state index < -0.39 is 10.0 Å². The molecule has 2 rings (SSSR count). The van der Waals surface area contributed by atoms with E-state index in [1.165, 1.54) is 18.2 Å². The Morgan fingerprint density at radius 2 is 1.95 bits per heavy atom. The normalized spacial score (nSPS) is 19.1. The molecule has 0 radical (unpaired) electrons. The van der Waals surface area contributed by atoms with Crippen LogP contribution in [0.25, 0.3) is 0 Å². The lowest BCUT2D eigenvalue weighted by Crippen LogP contribution is -2.39. The molecular formula is C15H19ClN2O2S. The predicted molar refractivity (Wildman–Crippen MR) is 82.5 cm³/mol. The van der Waals surface area contributed by atoms with Gasteiger partial charge in [-0.2, -0.15) is 5.26 Å². The van der Waals surface area contributed by atoms with Gasteiger partial charge in [0.25, 0.3) is 0 Å². The van der Waals surface area contributed by atoms with Crippen LogP contribution in [0.3, 0.4) is 0 Å². The van der Waals surface area contributed by atoms with Crippen LogP contribution in [-0.4, -0.2) is 14.5 Å². The predicted octanol–water partition coefficient (Wildman–Crippen LogP) is 3.46. The Kier molecular flexibility index (Phi) is 4.62. The summed E-state index contributed by atoms with van der Waals surface area (Å²) in [5.74, 6) is 0. The van der Waals surface area contributed by atoms with Crippen molar-refractivity contribution in [3.63, 3.8) is 0 Å². The Morgan fingerprint density at radius 1 is 1.33 bits per heavy atom. The molecule has 0 aromatic heterocycles. The Labute approximate surface area is 131 Å². The van der Waals surface area contributed by atoms with Crippen molar-refractivity contribution in [3.8, 4) is 6.07 Å². The lowest BCUT2D eigenvalue weighted by atomic mass is 9.76. The maximum Gasteiger partial charge on any atom is 0.242 e. The van der Waals surface area contributed by atoms with E-state index in [0.717, 1.165) is 25.7 Å². The maximum absolute atomic E-state index is 12.4. The van der Waals surface area contributed by atoms with Gasteiger partial charge in [-0.3, -0.25) is 0 Å². The molecule has 1 saturated carbocycles. The highest BCUT2D eigenvalue weighted by Crippen LogP contribution is 2.35. The van der Waals surface area contributed by atoms with Crippen LogP contribution in [0.2, 0.25) is 5.02 Å². The molecule has 21 heavy (non-hydrogen) atoms. The zero-order chi connectivity index (χ0) is 15.7. The number of rotatable bonds is 3. The molecule has 0 amide bonds. The number of nitrogens with zero attached hydrogens (tertiary/aromatic N) is 1. The molecule has 0 aliphatic heterocycles. The number of hydrogen-bond donors (Lipinski definition) is 1. The summed E-state index contributed by atoms with van der Waals surface area (Å²) in [4.78, 5) is 0.0352. The van der Waals surface area contributed by atoms with Crippen molar-refractivity contribution in [2.45, 2.75) is 50.5 Å². The Morgan fingerprint density at radius 3 is 2.48 bits per heavy atom. The zero-order valence-electron chi connectivity index (χ0n) is 12.2. The van der Waals surface area contributed by atoms with Gasteiger partial charge < -0.3 is 0 Å².